The molecule has 0 aliphatic rings. The van der Waals surface area contributed by atoms with Crippen molar-refractivity contribution in [2.75, 3.05) is 13.6 Å². The van der Waals surface area contributed by atoms with Crippen molar-refractivity contribution in [1.29, 1.82) is 0 Å². The second-order valence-electron chi connectivity index (χ2n) is 4.78. The minimum absolute atomic E-state index is 0.458. The number of benzene rings is 1. The normalized spacial score (nSPS) is 12.4. The first-order valence-corrected chi connectivity index (χ1v) is 7.30. The summed E-state index contributed by atoms with van der Waals surface area (Å²) in [4.78, 5) is 4.48. The third-order valence-electron chi connectivity index (χ3n) is 3.32. The van der Waals surface area contributed by atoms with Gasteiger partial charge in [0.05, 0.1) is 0 Å². The van der Waals surface area contributed by atoms with Crippen molar-refractivity contribution in [2.45, 2.75) is 19.3 Å². The molecule has 0 spiro atoms. The number of likely N-dealkylation sites (N-methyl/N-ethyl adjacent to an activating group) is 1. The standard InChI is InChI=1S/C16H19BrN2/c1-12-5-3-4-6-16(12)13(10-18-2)9-15-8-7-14(17)11-19-15/h3-8,11,13,18H,9-10H2,1-2H3. The Bertz CT molecular complexity index is 523. The fraction of sp³-hybridized carbons (Fsp3) is 0.312. The van der Waals surface area contributed by atoms with Crippen LogP contribution in [-0.4, -0.2) is 18.6 Å². The number of rotatable bonds is 5. The summed E-state index contributed by atoms with van der Waals surface area (Å²) >= 11 is 3.42. The van der Waals surface area contributed by atoms with Crippen molar-refractivity contribution in [3.63, 3.8) is 0 Å². The van der Waals surface area contributed by atoms with Gasteiger partial charge in [0, 0.05) is 28.8 Å². The number of pyridine rings is 1. The largest absolute Gasteiger partial charge is 0.319 e. The van der Waals surface area contributed by atoms with E-state index in [0.717, 1.165) is 23.1 Å². The van der Waals surface area contributed by atoms with Crippen LogP contribution in [0, 0.1) is 6.92 Å². The monoisotopic (exact) mass is 318 g/mol. The molecular weight excluding hydrogens is 300 g/mol. The Balaban J connectivity index is 2.21. The van der Waals surface area contributed by atoms with Crippen molar-refractivity contribution >= 4 is 15.9 Å². The van der Waals surface area contributed by atoms with Crippen molar-refractivity contribution in [3.05, 3.63) is 63.9 Å². The Kier molecular flexibility index (Phi) is 5.11. The zero-order valence-electron chi connectivity index (χ0n) is 11.4. The molecule has 0 saturated carbocycles. The van der Waals surface area contributed by atoms with Gasteiger partial charge in [0.25, 0.3) is 0 Å². The molecule has 1 N–H and O–H groups in total. The van der Waals surface area contributed by atoms with Gasteiger partial charge < -0.3 is 5.32 Å². The van der Waals surface area contributed by atoms with Gasteiger partial charge >= 0.3 is 0 Å². The van der Waals surface area contributed by atoms with Crippen molar-refractivity contribution < 1.29 is 0 Å². The van der Waals surface area contributed by atoms with Gasteiger partial charge in [0.2, 0.25) is 0 Å². The van der Waals surface area contributed by atoms with E-state index in [0.29, 0.717) is 5.92 Å². The Hall–Kier alpha value is -1.19. The number of hydrogen-bond acceptors (Lipinski definition) is 2. The van der Waals surface area contributed by atoms with E-state index in [9.17, 15) is 0 Å². The highest BCUT2D eigenvalue weighted by molar-refractivity contribution is 9.10. The lowest BCUT2D eigenvalue weighted by atomic mass is 9.90. The van der Waals surface area contributed by atoms with Gasteiger partial charge in [0.1, 0.15) is 0 Å². The van der Waals surface area contributed by atoms with Crippen molar-refractivity contribution in [1.82, 2.24) is 10.3 Å². The van der Waals surface area contributed by atoms with Crippen LogP contribution in [0.15, 0.2) is 47.1 Å². The first-order chi connectivity index (χ1) is 9.20. The molecule has 0 radical (unpaired) electrons. The smallest absolute Gasteiger partial charge is 0.0413 e. The van der Waals surface area contributed by atoms with E-state index >= 15 is 0 Å². The number of hydrogen-bond donors (Lipinski definition) is 1. The number of nitrogens with zero attached hydrogens (tertiary/aromatic N) is 1. The van der Waals surface area contributed by atoms with Crippen LogP contribution in [0.2, 0.25) is 0 Å². The highest BCUT2D eigenvalue weighted by Gasteiger charge is 2.14. The van der Waals surface area contributed by atoms with Gasteiger partial charge in [-0.3, -0.25) is 4.98 Å². The van der Waals surface area contributed by atoms with Gasteiger partial charge in [-0.15, -0.1) is 0 Å². The molecule has 1 aromatic heterocycles. The maximum atomic E-state index is 4.48. The van der Waals surface area contributed by atoms with Crippen LogP contribution in [-0.2, 0) is 6.42 Å². The van der Waals surface area contributed by atoms with Crippen molar-refractivity contribution in [2.24, 2.45) is 0 Å². The summed E-state index contributed by atoms with van der Waals surface area (Å²) in [5.41, 5.74) is 3.88. The Morgan fingerprint density at radius 3 is 2.63 bits per heavy atom. The van der Waals surface area contributed by atoms with Crippen LogP contribution >= 0.6 is 15.9 Å². The molecule has 2 nitrogen and oxygen atoms in total. The fourth-order valence-corrected chi connectivity index (χ4v) is 2.60. The molecule has 0 aliphatic carbocycles. The molecule has 1 heterocycles. The van der Waals surface area contributed by atoms with E-state index in [1.54, 1.807) is 0 Å². The second kappa shape index (κ2) is 6.83. The SMILES string of the molecule is CNCC(Cc1ccc(Br)cn1)c1ccccc1C. The van der Waals surface area contributed by atoms with Crippen LogP contribution in [0.3, 0.4) is 0 Å². The summed E-state index contributed by atoms with van der Waals surface area (Å²) in [5.74, 6) is 0.458. The molecular formula is C16H19BrN2. The predicted octanol–water partition coefficient (Wildman–Crippen LogP) is 3.70. The van der Waals surface area contributed by atoms with Crippen LogP contribution in [0.1, 0.15) is 22.7 Å². The quantitative estimate of drug-likeness (QED) is 0.909. The lowest BCUT2D eigenvalue weighted by molar-refractivity contribution is 0.615. The minimum Gasteiger partial charge on any atom is -0.319 e. The molecule has 0 saturated heterocycles. The molecule has 0 fully saturated rings. The molecule has 0 amide bonds. The molecule has 3 heteroatoms. The lowest BCUT2D eigenvalue weighted by Crippen LogP contribution is -2.20. The first-order valence-electron chi connectivity index (χ1n) is 6.51. The number of aromatic nitrogens is 1. The molecule has 19 heavy (non-hydrogen) atoms. The van der Waals surface area contributed by atoms with Crippen LogP contribution in [0.5, 0.6) is 0 Å². The summed E-state index contributed by atoms with van der Waals surface area (Å²) in [6.07, 6.45) is 2.82. The molecule has 2 aromatic rings. The predicted molar refractivity (Wildman–Crippen MR) is 83.5 cm³/mol. The maximum absolute atomic E-state index is 4.48. The second-order valence-corrected chi connectivity index (χ2v) is 5.70. The fourth-order valence-electron chi connectivity index (χ4n) is 2.36. The van der Waals surface area contributed by atoms with Gasteiger partial charge in [0.15, 0.2) is 0 Å². The maximum Gasteiger partial charge on any atom is 0.0413 e. The van der Waals surface area contributed by atoms with Crippen molar-refractivity contribution in [3.8, 4) is 0 Å². The van der Waals surface area contributed by atoms with E-state index in [4.69, 9.17) is 0 Å². The Morgan fingerprint density at radius 2 is 2.00 bits per heavy atom. The van der Waals surface area contributed by atoms with E-state index in [1.165, 1.54) is 11.1 Å². The van der Waals surface area contributed by atoms with E-state index in [1.807, 2.05) is 13.2 Å². The summed E-state index contributed by atoms with van der Waals surface area (Å²) in [7, 11) is 2.00. The molecule has 1 unspecified atom stereocenters. The van der Waals surface area contributed by atoms with Crippen LogP contribution in [0.25, 0.3) is 0 Å². The minimum atomic E-state index is 0.458. The van der Waals surface area contributed by atoms with Crippen LogP contribution < -0.4 is 5.32 Å². The molecule has 0 aliphatic heterocycles. The highest BCUT2D eigenvalue weighted by Crippen LogP contribution is 2.23. The van der Waals surface area contributed by atoms with E-state index in [-0.39, 0.29) is 0 Å². The van der Waals surface area contributed by atoms with Gasteiger partial charge in [-0.2, -0.15) is 0 Å². The topological polar surface area (TPSA) is 24.9 Å². The lowest BCUT2D eigenvalue weighted by Gasteiger charge is -2.19. The van der Waals surface area contributed by atoms with E-state index in [2.05, 4.69) is 69.6 Å². The van der Waals surface area contributed by atoms with Gasteiger partial charge in [-0.25, -0.2) is 0 Å². The summed E-state index contributed by atoms with van der Waals surface area (Å²) in [5, 5.41) is 3.29. The summed E-state index contributed by atoms with van der Waals surface area (Å²) in [6, 6.07) is 12.7. The van der Waals surface area contributed by atoms with Crippen LogP contribution in [0.4, 0.5) is 0 Å². The highest BCUT2D eigenvalue weighted by atomic mass is 79.9. The number of aryl methyl sites for hydroxylation is 1. The zero-order valence-corrected chi connectivity index (χ0v) is 12.9. The summed E-state index contributed by atoms with van der Waals surface area (Å²) in [6.45, 7) is 3.13. The first kappa shape index (κ1) is 14.2. The molecule has 2 rings (SSSR count). The molecule has 1 aromatic carbocycles. The average molecular weight is 319 g/mol. The average Bonchev–Trinajstić information content (AvgIpc) is 2.41. The number of nitrogens with one attached hydrogen (secondary N) is 1. The van der Waals surface area contributed by atoms with E-state index < -0.39 is 0 Å². The number of halogens is 1. The molecule has 100 valence electrons. The Morgan fingerprint density at radius 1 is 1.21 bits per heavy atom. The third kappa shape index (κ3) is 3.88. The summed E-state index contributed by atoms with van der Waals surface area (Å²) < 4.78 is 1.03. The Labute approximate surface area is 123 Å². The third-order valence-corrected chi connectivity index (χ3v) is 3.79. The molecule has 1 atom stereocenters. The molecule has 0 bridgehead atoms. The van der Waals surface area contributed by atoms with Gasteiger partial charge in [-0.1, -0.05) is 24.3 Å². The zero-order chi connectivity index (χ0) is 13.7. The van der Waals surface area contributed by atoms with Gasteiger partial charge in [-0.05, 0) is 59.6 Å².